The second kappa shape index (κ2) is 9.20. The summed E-state index contributed by atoms with van der Waals surface area (Å²) in [6.45, 7) is 6.17. The third kappa shape index (κ3) is 4.66. The molecule has 154 valence electrons. The highest BCUT2D eigenvalue weighted by Gasteiger charge is 2.36. The Bertz CT molecular complexity index is 866. The molecule has 0 bridgehead atoms. The van der Waals surface area contributed by atoms with E-state index in [1.165, 1.54) is 0 Å². The van der Waals surface area contributed by atoms with Gasteiger partial charge in [0.25, 0.3) is 5.91 Å². The third-order valence-electron chi connectivity index (χ3n) is 5.20. The van der Waals surface area contributed by atoms with Crippen LogP contribution in [0.5, 0.6) is 0 Å². The van der Waals surface area contributed by atoms with Crippen molar-refractivity contribution in [1.29, 1.82) is 0 Å². The van der Waals surface area contributed by atoms with E-state index in [2.05, 4.69) is 5.32 Å². The fourth-order valence-corrected chi connectivity index (χ4v) is 3.49. The lowest BCUT2D eigenvalue weighted by Crippen LogP contribution is -2.49. The minimum Gasteiger partial charge on any atom is -0.394 e. The molecule has 6 nitrogen and oxygen atoms in total. The zero-order valence-electron chi connectivity index (χ0n) is 17.1. The van der Waals surface area contributed by atoms with Gasteiger partial charge in [-0.2, -0.15) is 0 Å². The molecule has 0 aromatic heterocycles. The average molecular weight is 396 g/mol. The molecule has 2 amide bonds. The number of anilines is 1. The number of nitrogens with one attached hydrogen (secondary N) is 1. The summed E-state index contributed by atoms with van der Waals surface area (Å²) in [5.41, 5.74) is 2.94. The Hall–Kier alpha value is -2.70. The molecule has 0 unspecified atom stereocenters. The first-order valence-electron chi connectivity index (χ1n) is 9.92. The number of benzene rings is 2. The molecule has 6 heteroatoms. The number of aliphatic hydroxyl groups excluding tert-OH is 1. The van der Waals surface area contributed by atoms with Crippen LogP contribution < -0.4 is 5.32 Å². The van der Waals surface area contributed by atoms with E-state index in [9.17, 15) is 14.7 Å². The Morgan fingerprint density at radius 2 is 1.93 bits per heavy atom. The lowest BCUT2D eigenvalue weighted by atomic mass is 9.97. The average Bonchev–Trinajstić information content (AvgIpc) is 2.74. The van der Waals surface area contributed by atoms with Gasteiger partial charge >= 0.3 is 0 Å². The van der Waals surface area contributed by atoms with Crippen molar-refractivity contribution in [2.24, 2.45) is 5.92 Å². The van der Waals surface area contributed by atoms with Crippen molar-refractivity contribution >= 4 is 17.5 Å². The van der Waals surface area contributed by atoms with Crippen molar-refractivity contribution in [3.05, 3.63) is 65.2 Å². The van der Waals surface area contributed by atoms with E-state index in [4.69, 9.17) is 4.74 Å². The fraction of sp³-hybridized carbons (Fsp3) is 0.391. The third-order valence-corrected chi connectivity index (χ3v) is 5.20. The van der Waals surface area contributed by atoms with Gasteiger partial charge in [0.05, 0.1) is 19.3 Å². The molecule has 0 spiro atoms. The van der Waals surface area contributed by atoms with Crippen molar-refractivity contribution in [3.8, 4) is 0 Å². The normalized spacial score (nSPS) is 19.3. The predicted molar refractivity (Wildman–Crippen MR) is 112 cm³/mol. The van der Waals surface area contributed by atoms with Crippen LogP contribution in [0.1, 0.15) is 41.4 Å². The number of aryl methyl sites for hydroxylation is 1. The Kier molecular flexibility index (Phi) is 6.67. The summed E-state index contributed by atoms with van der Waals surface area (Å²) in [4.78, 5) is 27.3. The lowest BCUT2D eigenvalue weighted by molar-refractivity contribution is -0.118. The van der Waals surface area contributed by atoms with E-state index in [-0.39, 0.29) is 30.4 Å². The first kappa shape index (κ1) is 21.0. The number of ether oxygens (including phenoxy) is 1. The molecule has 2 atom stereocenters. The first-order chi connectivity index (χ1) is 13.9. The second-order valence-electron chi connectivity index (χ2n) is 7.62. The highest BCUT2D eigenvalue weighted by Crippen LogP contribution is 2.31. The van der Waals surface area contributed by atoms with Crippen LogP contribution in [0, 0.1) is 12.8 Å². The van der Waals surface area contributed by atoms with Crippen LogP contribution in [0.4, 0.5) is 5.69 Å². The van der Waals surface area contributed by atoms with Crippen LogP contribution in [0.2, 0.25) is 0 Å². The van der Waals surface area contributed by atoms with Crippen LogP contribution >= 0.6 is 0 Å². The number of hydrogen-bond acceptors (Lipinski definition) is 4. The summed E-state index contributed by atoms with van der Waals surface area (Å²) >= 11 is 0. The summed E-state index contributed by atoms with van der Waals surface area (Å²) in [6, 6.07) is 14.6. The standard InChI is InChI=1S/C23H28N2O4/c1-15(2)22(27)24-19-13-18(10-9-16(19)3)23(28)25-11-12-29-20(14-26)21(25)17-7-5-4-6-8-17/h4-10,13,15,20-21,26H,11-12,14H2,1-3H3,(H,24,27)/t20-,21-/m1/s1. The van der Waals surface area contributed by atoms with Crippen LogP contribution in [-0.2, 0) is 9.53 Å². The molecule has 2 N–H and O–H groups in total. The fourth-order valence-electron chi connectivity index (χ4n) is 3.49. The minimum absolute atomic E-state index is 0.0911. The van der Waals surface area contributed by atoms with Crippen molar-refractivity contribution in [3.63, 3.8) is 0 Å². The van der Waals surface area contributed by atoms with Gasteiger partial charge in [-0.1, -0.05) is 50.2 Å². The Morgan fingerprint density at radius 1 is 1.21 bits per heavy atom. The number of hydrogen-bond donors (Lipinski definition) is 2. The Labute approximate surface area is 171 Å². The van der Waals surface area contributed by atoms with Crippen LogP contribution in [-0.4, -0.2) is 47.7 Å². The summed E-state index contributed by atoms with van der Waals surface area (Å²) in [6.07, 6.45) is -0.485. The van der Waals surface area contributed by atoms with E-state index < -0.39 is 6.10 Å². The molecule has 2 aromatic rings. The SMILES string of the molecule is Cc1ccc(C(=O)N2CCO[C@H](CO)[C@H]2c2ccccc2)cc1NC(=O)C(C)C. The monoisotopic (exact) mass is 396 g/mol. The molecule has 29 heavy (non-hydrogen) atoms. The van der Waals surface area contributed by atoms with E-state index in [1.807, 2.05) is 57.2 Å². The number of aliphatic hydroxyl groups is 1. The number of nitrogens with zero attached hydrogens (tertiary/aromatic N) is 1. The van der Waals surface area contributed by atoms with Gasteiger partial charge in [0.1, 0.15) is 6.10 Å². The van der Waals surface area contributed by atoms with Gasteiger partial charge in [-0.25, -0.2) is 0 Å². The highest BCUT2D eigenvalue weighted by molar-refractivity contribution is 5.98. The van der Waals surface area contributed by atoms with Crippen LogP contribution in [0.3, 0.4) is 0 Å². The summed E-state index contributed by atoms with van der Waals surface area (Å²) in [7, 11) is 0. The smallest absolute Gasteiger partial charge is 0.254 e. The predicted octanol–water partition coefficient (Wildman–Crippen LogP) is 3.16. The molecule has 1 saturated heterocycles. The van der Waals surface area contributed by atoms with Gasteiger partial charge < -0.3 is 20.1 Å². The van der Waals surface area contributed by atoms with Crippen molar-refractivity contribution in [2.75, 3.05) is 25.1 Å². The van der Waals surface area contributed by atoms with Gasteiger partial charge in [-0.15, -0.1) is 0 Å². The molecule has 0 radical (unpaired) electrons. The number of carbonyl (C=O) groups excluding carboxylic acids is 2. The van der Waals surface area contributed by atoms with Gasteiger partial charge in [0, 0.05) is 23.7 Å². The van der Waals surface area contributed by atoms with Gasteiger partial charge in [0.2, 0.25) is 5.91 Å². The number of morpholine rings is 1. The zero-order valence-corrected chi connectivity index (χ0v) is 17.1. The molecule has 2 aromatic carbocycles. The number of rotatable bonds is 5. The van der Waals surface area contributed by atoms with Crippen LogP contribution in [0.15, 0.2) is 48.5 Å². The molecular formula is C23H28N2O4. The Balaban J connectivity index is 1.92. The molecule has 1 heterocycles. The number of carbonyl (C=O) groups is 2. The van der Waals surface area contributed by atoms with E-state index in [1.54, 1.807) is 17.0 Å². The molecule has 1 aliphatic heterocycles. The van der Waals surface area contributed by atoms with E-state index in [0.29, 0.717) is 24.4 Å². The van der Waals surface area contributed by atoms with E-state index >= 15 is 0 Å². The largest absolute Gasteiger partial charge is 0.394 e. The minimum atomic E-state index is -0.485. The molecular weight excluding hydrogens is 368 g/mol. The van der Waals surface area contributed by atoms with Crippen molar-refractivity contribution in [2.45, 2.75) is 32.9 Å². The molecule has 0 aliphatic carbocycles. The maximum absolute atomic E-state index is 13.4. The second-order valence-corrected chi connectivity index (χ2v) is 7.62. The summed E-state index contributed by atoms with van der Waals surface area (Å²) in [5.74, 6) is -0.395. The molecule has 1 aliphatic rings. The summed E-state index contributed by atoms with van der Waals surface area (Å²) in [5, 5.41) is 12.7. The summed E-state index contributed by atoms with van der Waals surface area (Å²) < 4.78 is 5.73. The molecule has 0 saturated carbocycles. The van der Waals surface area contributed by atoms with Crippen molar-refractivity contribution < 1.29 is 19.4 Å². The molecule has 3 rings (SSSR count). The van der Waals surface area contributed by atoms with Crippen LogP contribution in [0.25, 0.3) is 0 Å². The maximum Gasteiger partial charge on any atom is 0.254 e. The Morgan fingerprint density at radius 3 is 2.59 bits per heavy atom. The van der Waals surface area contributed by atoms with Gasteiger partial charge in [-0.3, -0.25) is 9.59 Å². The van der Waals surface area contributed by atoms with Gasteiger partial charge in [0.15, 0.2) is 0 Å². The topological polar surface area (TPSA) is 78.9 Å². The zero-order chi connectivity index (χ0) is 21.0. The van der Waals surface area contributed by atoms with E-state index in [0.717, 1.165) is 11.1 Å². The quantitative estimate of drug-likeness (QED) is 0.814. The maximum atomic E-state index is 13.4. The first-order valence-corrected chi connectivity index (χ1v) is 9.92. The highest BCUT2D eigenvalue weighted by atomic mass is 16.5. The van der Waals surface area contributed by atoms with Crippen molar-refractivity contribution in [1.82, 2.24) is 4.90 Å². The van der Waals surface area contributed by atoms with Gasteiger partial charge in [-0.05, 0) is 30.2 Å². The number of amides is 2. The lowest BCUT2D eigenvalue weighted by Gasteiger charge is -2.41. The molecule has 1 fully saturated rings.